The largest absolute Gasteiger partial charge is 0.380 e. The number of rotatable bonds is 3. The maximum Gasteiger partial charge on any atom is 0.380 e. The van der Waals surface area contributed by atoms with E-state index in [0.717, 1.165) is 17.4 Å². The van der Waals surface area contributed by atoms with Crippen LogP contribution in [0.4, 0.5) is 26.3 Å². The summed E-state index contributed by atoms with van der Waals surface area (Å²) in [7, 11) is 1.36. The minimum Gasteiger partial charge on any atom is -0.339 e. The number of benzene rings is 1. The van der Waals surface area contributed by atoms with E-state index in [-0.39, 0.29) is 16.3 Å². The third-order valence-corrected chi connectivity index (χ3v) is 7.17. The van der Waals surface area contributed by atoms with Crippen molar-refractivity contribution in [1.82, 2.24) is 4.57 Å². The van der Waals surface area contributed by atoms with E-state index in [1.165, 1.54) is 43.7 Å². The molecule has 10 heteroatoms. The predicted molar refractivity (Wildman–Crippen MR) is 116 cm³/mol. The van der Waals surface area contributed by atoms with Gasteiger partial charge in [-0.3, -0.25) is 0 Å². The van der Waals surface area contributed by atoms with Gasteiger partial charge in [0.2, 0.25) is 0 Å². The fourth-order valence-electron chi connectivity index (χ4n) is 4.07. The minimum absolute atomic E-state index is 0.0163. The van der Waals surface area contributed by atoms with Crippen LogP contribution in [0.2, 0.25) is 0 Å². The zero-order chi connectivity index (χ0) is 25.2. The minimum atomic E-state index is -5.68. The van der Waals surface area contributed by atoms with Gasteiger partial charge in [-0.25, -0.2) is 0 Å². The van der Waals surface area contributed by atoms with Gasteiger partial charge >= 0.3 is 17.8 Å². The van der Waals surface area contributed by atoms with Gasteiger partial charge in [0.15, 0.2) is 0 Å². The van der Waals surface area contributed by atoms with E-state index in [4.69, 9.17) is 5.26 Å². The molecule has 0 fully saturated rings. The average Bonchev–Trinajstić information content (AvgIpc) is 3.33. The summed E-state index contributed by atoms with van der Waals surface area (Å²) in [6, 6.07) is 11.9. The number of aromatic nitrogens is 1. The van der Waals surface area contributed by atoms with E-state index in [1.54, 1.807) is 18.2 Å². The number of allylic oxidation sites excluding steroid dienone is 2. The second kappa shape index (κ2) is 7.51. The van der Waals surface area contributed by atoms with Crippen molar-refractivity contribution in [3.63, 3.8) is 0 Å². The summed E-state index contributed by atoms with van der Waals surface area (Å²) in [5, 5.41) is 18.2. The van der Waals surface area contributed by atoms with Gasteiger partial charge in [-0.2, -0.15) is 36.9 Å². The van der Waals surface area contributed by atoms with Gasteiger partial charge in [-0.1, -0.05) is 12.1 Å². The van der Waals surface area contributed by atoms with E-state index in [2.05, 4.69) is 0 Å². The Balaban J connectivity index is 2.04. The second-order valence-electron chi connectivity index (χ2n) is 7.94. The molecule has 0 aliphatic heterocycles. The van der Waals surface area contributed by atoms with E-state index >= 15 is 17.6 Å². The fraction of sp³-hybridized carbons (Fsp3) is 0.250. The van der Waals surface area contributed by atoms with Crippen LogP contribution >= 0.6 is 11.3 Å². The monoisotopic (exact) mass is 491 g/mol. The summed E-state index contributed by atoms with van der Waals surface area (Å²) in [6.45, 7) is 2.69. The first-order chi connectivity index (χ1) is 15.8. The van der Waals surface area contributed by atoms with Gasteiger partial charge in [-0.05, 0) is 49.2 Å². The van der Waals surface area contributed by atoms with E-state index < -0.39 is 40.0 Å². The van der Waals surface area contributed by atoms with Crippen LogP contribution in [0.3, 0.4) is 0 Å². The number of alkyl halides is 6. The van der Waals surface area contributed by atoms with Crippen molar-refractivity contribution in [2.24, 2.45) is 7.05 Å². The molecule has 0 amide bonds. The first-order valence-electron chi connectivity index (χ1n) is 9.86. The molecule has 3 aromatic rings. The number of aryl methyl sites for hydroxylation is 1. The summed E-state index contributed by atoms with van der Waals surface area (Å²) in [5.74, 6) is -16.0. The molecule has 0 atom stereocenters. The zero-order valence-electron chi connectivity index (χ0n) is 18.0. The molecule has 1 aromatic carbocycles. The summed E-state index contributed by atoms with van der Waals surface area (Å²) in [5.41, 5.74) is -3.14. The molecule has 174 valence electrons. The van der Waals surface area contributed by atoms with Gasteiger partial charge in [0.25, 0.3) is 0 Å². The van der Waals surface area contributed by atoms with Crippen molar-refractivity contribution in [3.8, 4) is 22.6 Å². The molecule has 2 aromatic heterocycles. The maximum absolute atomic E-state index is 15.1. The third kappa shape index (κ3) is 3.02. The lowest BCUT2D eigenvalue weighted by molar-refractivity contribution is -0.254. The lowest BCUT2D eigenvalue weighted by Crippen LogP contribution is -2.48. The fourth-order valence-corrected chi connectivity index (χ4v) is 5.11. The molecular formula is C24H15F6N3S. The Morgan fingerprint density at radius 3 is 1.88 bits per heavy atom. The molecule has 0 spiro atoms. The summed E-state index contributed by atoms with van der Waals surface area (Å²) in [4.78, 5) is 0.537. The highest BCUT2D eigenvalue weighted by Crippen LogP contribution is 2.65. The molecule has 0 N–H and O–H groups in total. The van der Waals surface area contributed by atoms with E-state index in [9.17, 15) is 14.0 Å². The highest BCUT2D eigenvalue weighted by atomic mass is 32.1. The van der Waals surface area contributed by atoms with Gasteiger partial charge in [0, 0.05) is 39.2 Å². The predicted octanol–water partition coefficient (Wildman–Crippen LogP) is 6.94. The van der Waals surface area contributed by atoms with Crippen LogP contribution in [-0.2, 0) is 7.05 Å². The highest BCUT2D eigenvalue weighted by Gasteiger charge is 2.80. The smallest absolute Gasteiger partial charge is 0.339 e. The Morgan fingerprint density at radius 1 is 0.824 bits per heavy atom. The first-order valence-corrected chi connectivity index (χ1v) is 10.7. The molecule has 1 aliphatic carbocycles. The third-order valence-electron chi connectivity index (χ3n) is 6.07. The standard InChI is InChI=1S/C24H15F6N3S/c1-12-17(8-16(11-32)33(12)3)20-21(23(27,28)24(29,30)22(20,25)26)18-9-19(34-13(18)2)15-6-4-14(10-31)5-7-15/h4-9H,1-3H3. The first kappa shape index (κ1) is 23.7. The number of hydrogen-bond donors (Lipinski definition) is 0. The summed E-state index contributed by atoms with van der Waals surface area (Å²) >= 11 is 0.985. The van der Waals surface area contributed by atoms with Crippen LogP contribution in [0.5, 0.6) is 0 Å². The van der Waals surface area contributed by atoms with Crippen molar-refractivity contribution >= 4 is 22.5 Å². The number of thiophene rings is 1. The second-order valence-corrected chi connectivity index (χ2v) is 9.20. The number of nitriles is 2. The molecule has 3 nitrogen and oxygen atoms in total. The van der Waals surface area contributed by atoms with Gasteiger partial charge in [-0.15, -0.1) is 11.3 Å². The van der Waals surface area contributed by atoms with Crippen LogP contribution < -0.4 is 0 Å². The Kier molecular flexibility index (Phi) is 5.22. The zero-order valence-corrected chi connectivity index (χ0v) is 18.8. The van der Waals surface area contributed by atoms with Crippen molar-refractivity contribution < 1.29 is 26.3 Å². The van der Waals surface area contributed by atoms with Crippen LogP contribution in [0.25, 0.3) is 21.6 Å². The summed E-state index contributed by atoms with van der Waals surface area (Å²) in [6.07, 6.45) is 0. The van der Waals surface area contributed by atoms with Gasteiger partial charge in [0.05, 0.1) is 11.6 Å². The molecule has 34 heavy (non-hydrogen) atoms. The molecule has 0 bridgehead atoms. The van der Waals surface area contributed by atoms with Gasteiger partial charge < -0.3 is 4.57 Å². The lowest BCUT2D eigenvalue weighted by Gasteiger charge is -2.25. The van der Waals surface area contributed by atoms with Crippen molar-refractivity contribution in [1.29, 1.82) is 10.5 Å². The Bertz CT molecular complexity index is 1430. The number of hydrogen-bond acceptors (Lipinski definition) is 3. The molecule has 4 rings (SSSR count). The lowest BCUT2D eigenvalue weighted by atomic mass is 9.94. The topological polar surface area (TPSA) is 52.5 Å². The van der Waals surface area contributed by atoms with Crippen LogP contribution in [0.1, 0.15) is 33.0 Å². The van der Waals surface area contributed by atoms with E-state index in [0.29, 0.717) is 16.0 Å². The quantitative estimate of drug-likeness (QED) is 0.373. The van der Waals surface area contributed by atoms with Crippen molar-refractivity contribution in [2.45, 2.75) is 31.6 Å². The van der Waals surface area contributed by atoms with Crippen LogP contribution in [0.15, 0.2) is 36.4 Å². The van der Waals surface area contributed by atoms with Gasteiger partial charge in [0.1, 0.15) is 11.8 Å². The molecule has 0 saturated heterocycles. The number of halogens is 6. The summed E-state index contributed by atoms with van der Waals surface area (Å²) < 4.78 is 90.8. The highest BCUT2D eigenvalue weighted by molar-refractivity contribution is 7.15. The molecule has 0 unspecified atom stereocenters. The van der Waals surface area contributed by atoms with E-state index in [1.807, 2.05) is 6.07 Å². The molecule has 0 radical (unpaired) electrons. The molecular weight excluding hydrogens is 476 g/mol. The van der Waals surface area contributed by atoms with Crippen molar-refractivity contribution in [2.75, 3.05) is 0 Å². The molecule has 1 aliphatic rings. The van der Waals surface area contributed by atoms with Crippen LogP contribution in [-0.4, -0.2) is 22.3 Å². The Labute approximate surface area is 194 Å². The Hall–Kier alpha value is -3.50. The Morgan fingerprint density at radius 2 is 1.38 bits per heavy atom. The molecule has 0 saturated carbocycles. The average molecular weight is 491 g/mol. The SMILES string of the molecule is Cc1sc(-c2ccc(C#N)cc2)cc1C1=C(c2cc(C#N)n(C)c2C)C(F)(F)C(F)(F)C1(F)F. The van der Waals surface area contributed by atoms with Crippen molar-refractivity contribution in [3.05, 3.63) is 69.4 Å². The number of nitrogens with zero attached hydrogens (tertiary/aromatic N) is 3. The molecule has 2 heterocycles. The maximum atomic E-state index is 15.1. The van der Waals surface area contributed by atoms with Crippen LogP contribution in [0, 0.1) is 36.5 Å². The normalized spacial score (nSPS) is 18.1.